The van der Waals surface area contributed by atoms with Gasteiger partial charge < -0.3 is 15.3 Å². The number of piperazine rings is 1. The zero-order valence-electron chi connectivity index (χ0n) is 17.2. The molecule has 0 radical (unpaired) electrons. The molecule has 1 unspecified atom stereocenters. The van der Waals surface area contributed by atoms with Crippen molar-refractivity contribution < 1.29 is 18.4 Å². The third kappa shape index (κ3) is 4.55. The molecule has 2 N–H and O–H groups in total. The van der Waals surface area contributed by atoms with E-state index in [1.54, 1.807) is 0 Å². The highest BCUT2D eigenvalue weighted by Crippen LogP contribution is 2.51. The van der Waals surface area contributed by atoms with Crippen LogP contribution >= 0.6 is 0 Å². The van der Waals surface area contributed by atoms with Crippen LogP contribution in [0.25, 0.3) is 0 Å². The molecule has 0 bridgehead atoms. The fourth-order valence-electron chi connectivity index (χ4n) is 3.87. The van der Waals surface area contributed by atoms with Crippen molar-refractivity contribution in [3.8, 4) is 0 Å². The largest absolute Gasteiger partial charge is 0.392 e. The highest BCUT2D eigenvalue weighted by molar-refractivity contribution is 7.89. The fourth-order valence-corrected chi connectivity index (χ4v) is 5.31. The Hall–Kier alpha value is -1.75. The summed E-state index contributed by atoms with van der Waals surface area (Å²) in [7, 11) is -1.85. The summed E-state index contributed by atoms with van der Waals surface area (Å²) in [5.41, 5.74) is -0.267. The van der Waals surface area contributed by atoms with Crippen LogP contribution in [0.3, 0.4) is 0 Å². The first-order valence-electron chi connectivity index (χ1n) is 9.96. The topological polar surface area (TPSA) is 116 Å². The molecule has 0 spiro atoms. The van der Waals surface area contributed by atoms with E-state index in [0.29, 0.717) is 32.7 Å². The van der Waals surface area contributed by atoms with Crippen LogP contribution in [0, 0.1) is 21.4 Å². The predicted octanol–water partition coefficient (Wildman–Crippen LogP) is 1.74. The van der Waals surface area contributed by atoms with E-state index in [2.05, 4.69) is 5.32 Å². The highest BCUT2D eigenvalue weighted by Gasteiger charge is 2.49. The minimum absolute atomic E-state index is 0.0670. The number of rotatable bonds is 8. The number of hydrogen-bond acceptors (Lipinski definition) is 7. The third-order valence-corrected chi connectivity index (χ3v) is 7.94. The van der Waals surface area contributed by atoms with Crippen LogP contribution in [-0.2, 0) is 10.0 Å². The average molecular weight is 427 g/mol. The van der Waals surface area contributed by atoms with Crippen LogP contribution in [0.15, 0.2) is 23.1 Å². The average Bonchev–Trinajstić information content (AvgIpc) is 3.47. The van der Waals surface area contributed by atoms with E-state index in [1.165, 1.54) is 16.4 Å². The van der Waals surface area contributed by atoms with Crippen LogP contribution in [0.1, 0.15) is 26.7 Å². The van der Waals surface area contributed by atoms with E-state index in [9.17, 15) is 23.6 Å². The summed E-state index contributed by atoms with van der Waals surface area (Å²) >= 11 is 0. The molecular formula is C19H30N4O5S. The van der Waals surface area contributed by atoms with Gasteiger partial charge in [0.15, 0.2) is 0 Å². The number of nitrogens with zero attached hydrogens (tertiary/aromatic N) is 3. The van der Waals surface area contributed by atoms with Gasteiger partial charge in [-0.25, -0.2) is 8.42 Å². The number of aliphatic hydroxyl groups is 1. The molecule has 1 atom stereocenters. The first-order chi connectivity index (χ1) is 13.6. The van der Waals surface area contributed by atoms with Crippen LogP contribution in [-0.4, -0.2) is 73.5 Å². The summed E-state index contributed by atoms with van der Waals surface area (Å²) in [5, 5.41) is 25.1. The number of aliphatic hydroxyl groups excluding tert-OH is 1. The Labute approximate surface area is 171 Å². The molecule has 3 rings (SSSR count). The maximum Gasteiger partial charge on any atom is 0.293 e. The molecule has 1 aromatic rings. The van der Waals surface area contributed by atoms with Crippen LogP contribution in [0.2, 0.25) is 0 Å². The van der Waals surface area contributed by atoms with E-state index < -0.39 is 21.1 Å². The summed E-state index contributed by atoms with van der Waals surface area (Å²) in [6.45, 7) is 6.29. The molecule has 1 aliphatic carbocycles. The number of likely N-dealkylation sites (N-methyl/N-ethyl adjacent to an activating group) is 1. The Morgan fingerprint density at radius 1 is 1.24 bits per heavy atom. The molecule has 0 aromatic heterocycles. The van der Waals surface area contributed by atoms with Crippen molar-refractivity contribution in [3.63, 3.8) is 0 Å². The first kappa shape index (κ1) is 21.9. The first-order valence-corrected chi connectivity index (χ1v) is 11.4. The van der Waals surface area contributed by atoms with E-state index in [-0.39, 0.29) is 27.6 Å². The fraction of sp³-hybridized carbons (Fsp3) is 0.684. The van der Waals surface area contributed by atoms with Crippen molar-refractivity contribution in [1.82, 2.24) is 9.21 Å². The van der Waals surface area contributed by atoms with E-state index >= 15 is 0 Å². The summed E-state index contributed by atoms with van der Waals surface area (Å²) in [6, 6.07) is 4.01. The lowest BCUT2D eigenvalue weighted by molar-refractivity contribution is -0.384. The van der Waals surface area contributed by atoms with Crippen molar-refractivity contribution in [2.75, 3.05) is 45.1 Å². The summed E-state index contributed by atoms with van der Waals surface area (Å²) < 4.78 is 27.2. The summed E-state index contributed by atoms with van der Waals surface area (Å²) in [4.78, 5) is 13.0. The molecule has 1 heterocycles. The van der Waals surface area contributed by atoms with Crippen molar-refractivity contribution >= 4 is 21.4 Å². The SMILES string of the molecule is CC(C)C(O)C1(CNc2ccc(S(=O)(=O)N3CCN(C)CC3)cc2[N+](=O)[O-])CC1. The smallest absolute Gasteiger partial charge is 0.293 e. The minimum atomic E-state index is -3.78. The Morgan fingerprint density at radius 2 is 1.86 bits per heavy atom. The molecule has 29 heavy (non-hydrogen) atoms. The zero-order chi connectivity index (χ0) is 21.4. The van der Waals surface area contributed by atoms with Crippen molar-refractivity contribution in [2.45, 2.75) is 37.7 Å². The van der Waals surface area contributed by atoms with Gasteiger partial charge in [-0.05, 0) is 37.9 Å². The van der Waals surface area contributed by atoms with Gasteiger partial charge in [-0.2, -0.15) is 4.31 Å². The lowest BCUT2D eigenvalue weighted by Gasteiger charge is -2.31. The standard InChI is InChI=1S/C19H30N4O5S/c1-14(2)18(24)19(6-7-19)13-20-16-5-4-15(12-17(16)23(25)26)29(27,28)22-10-8-21(3)9-11-22/h4-5,12,14,18,20,24H,6-11,13H2,1-3H3. The van der Waals surface area contributed by atoms with Gasteiger partial charge in [0.1, 0.15) is 5.69 Å². The molecular weight excluding hydrogens is 396 g/mol. The second-order valence-corrected chi connectivity index (χ2v) is 10.5. The molecule has 2 aliphatic rings. The second-order valence-electron chi connectivity index (χ2n) is 8.55. The quantitative estimate of drug-likeness (QED) is 0.480. The number of sulfonamides is 1. The summed E-state index contributed by atoms with van der Waals surface area (Å²) in [6.07, 6.45) is 1.25. The van der Waals surface area contributed by atoms with Crippen LogP contribution < -0.4 is 5.32 Å². The van der Waals surface area contributed by atoms with E-state index in [4.69, 9.17) is 0 Å². The van der Waals surface area contributed by atoms with Crippen molar-refractivity contribution in [1.29, 1.82) is 0 Å². The van der Waals surface area contributed by atoms with Gasteiger partial charge >= 0.3 is 0 Å². The third-order valence-electron chi connectivity index (χ3n) is 6.05. The number of hydrogen-bond donors (Lipinski definition) is 2. The monoisotopic (exact) mass is 426 g/mol. The summed E-state index contributed by atoms with van der Waals surface area (Å²) in [5.74, 6) is 0.102. The maximum atomic E-state index is 12.9. The van der Waals surface area contributed by atoms with Gasteiger partial charge in [0, 0.05) is 44.2 Å². The second kappa shape index (κ2) is 8.17. The Kier molecular flexibility index (Phi) is 6.19. The maximum absolute atomic E-state index is 12.9. The van der Waals surface area contributed by atoms with Gasteiger partial charge in [-0.3, -0.25) is 10.1 Å². The van der Waals surface area contributed by atoms with Gasteiger partial charge in [-0.1, -0.05) is 13.8 Å². The van der Waals surface area contributed by atoms with Crippen molar-refractivity contribution in [2.24, 2.45) is 11.3 Å². The van der Waals surface area contributed by atoms with E-state index in [1.807, 2.05) is 25.8 Å². The number of anilines is 1. The molecule has 9 nitrogen and oxygen atoms in total. The van der Waals surface area contributed by atoms with Gasteiger partial charge in [-0.15, -0.1) is 0 Å². The number of nitrogens with one attached hydrogen (secondary N) is 1. The predicted molar refractivity (Wildman–Crippen MR) is 110 cm³/mol. The van der Waals surface area contributed by atoms with Crippen LogP contribution in [0.4, 0.5) is 11.4 Å². The van der Waals surface area contributed by atoms with E-state index in [0.717, 1.165) is 18.9 Å². The normalized spacial score (nSPS) is 21.1. The van der Waals surface area contributed by atoms with Crippen LogP contribution in [0.5, 0.6) is 0 Å². The number of nitro groups is 1. The molecule has 1 aliphatic heterocycles. The number of benzene rings is 1. The molecule has 2 fully saturated rings. The molecule has 1 aromatic carbocycles. The van der Waals surface area contributed by atoms with Gasteiger partial charge in [0.25, 0.3) is 5.69 Å². The lowest BCUT2D eigenvalue weighted by atomic mass is 9.90. The molecule has 10 heteroatoms. The van der Waals surface area contributed by atoms with Gasteiger partial charge in [0.05, 0.1) is 15.9 Å². The molecule has 1 saturated carbocycles. The Bertz CT molecular complexity index is 861. The molecule has 162 valence electrons. The number of nitro benzene ring substituents is 1. The van der Waals surface area contributed by atoms with Crippen molar-refractivity contribution in [3.05, 3.63) is 28.3 Å². The Morgan fingerprint density at radius 3 is 2.38 bits per heavy atom. The molecule has 1 saturated heterocycles. The highest BCUT2D eigenvalue weighted by atomic mass is 32.2. The van der Waals surface area contributed by atoms with Gasteiger partial charge in [0.2, 0.25) is 10.0 Å². The molecule has 0 amide bonds. The Balaban J connectivity index is 1.80. The minimum Gasteiger partial charge on any atom is -0.392 e. The zero-order valence-corrected chi connectivity index (χ0v) is 18.0. The lowest BCUT2D eigenvalue weighted by Crippen LogP contribution is -2.47.